The molecule has 7 heteroatoms. The van der Waals surface area contributed by atoms with Gasteiger partial charge < -0.3 is 20.1 Å². The number of pyridine rings is 1. The van der Waals surface area contributed by atoms with Gasteiger partial charge in [0.15, 0.2) is 17.5 Å². The molecule has 1 aromatic carbocycles. The van der Waals surface area contributed by atoms with Gasteiger partial charge in [0, 0.05) is 24.8 Å². The third kappa shape index (κ3) is 6.98. The van der Waals surface area contributed by atoms with Crippen molar-refractivity contribution in [1.29, 1.82) is 0 Å². The van der Waals surface area contributed by atoms with Gasteiger partial charge in [-0.15, -0.1) is 6.58 Å². The number of rotatable bonds is 10. The van der Waals surface area contributed by atoms with Gasteiger partial charge in [0.1, 0.15) is 5.15 Å². The van der Waals surface area contributed by atoms with Gasteiger partial charge in [0.2, 0.25) is 0 Å². The van der Waals surface area contributed by atoms with Gasteiger partial charge in [0.05, 0.1) is 20.8 Å². The zero-order valence-corrected chi connectivity index (χ0v) is 18.1. The Hall–Kier alpha value is -2.73. The molecule has 0 unspecified atom stereocenters. The first-order valence-electron chi connectivity index (χ1n) is 9.58. The first-order chi connectivity index (χ1) is 14.1. The van der Waals surface area contributed by atoms with Crippen molar-refractivity contribution in [2.24, 2.45) is 4.99 Å². The van der Waals surface area contributed by atoms with E-state index in [1.807, 2.05) is 25.1 Å². The van der Waals surface area contributed by atoms with Crippen molar-refractivity contribution in [3.05, 3.63) is 65.0 Å². The lowest BCUT2D eigenvalue weighted by Gasteiger charge is -2.15. The summed E-state index contributed by atoms with van der Waals surface area (Å²) in [5.74, 6) is 2.20. The number of nitrogens with zero attached hydrogens (tertiary/aromatic N) is 2. The Kier molecular flexibility index (Phi) is 9.31. The van der Waals surface area contributed by atoms with E-state index in [4.69, 9.17) is 26.1 Å². The number of guanidine groups is 1. The normalized spacial score (nSPS) is 11.1. The maximum atomic E-state index is 5.83. The van der Waals surface area contributed by atoms with Gasteiger partial charge in [-0.25, -0.2) is 9.98 Å². The van der Waals surface area contributed by atoms with Crippen molar-refractivity contribution in [3.8, 4) is 11.5 Å². The van der Waals surface area contributed by atoms with Crippen molar-refractivity contribution in [1.82, 2.24) is 15.6 Å². The van der Waals surface area contributed by atoms with Crippen LogP contribution < -0.4 is 20.1 Å². The summed E-state index contributed by atoms with van der Waals surface area (Å²) in [6.45, 7) is 7.90. The minimum atomic E-state index is 0.502. The van der Waals surface area contributed by atoms with Crippen LogP contribution in [-0.4, -0.2) is 38.3 Å². The molecule has 0 aliphatic heterocycles. The van der Waals surface area contributed by atoms with Crippen LogP contribution in [0.4, 0.5) is 0 Å². The van der Waals surface area contributed by atoms with Crippen molar-refractivity contribution >= 4 is 17.6 Å². The van der Waals surface area contributed by atoms with E-state index in [2.05, 4.69) is 28.3 Å². The summed E-state index contributed by atoms with van der Waals surface area (Å²) in [5, 5.41) is 7.12. The number of halogens is 1. The number of aliphatic imine (C=N–C) groups is 1. The van der Waals surface area contributed by atoms with Crippen LogP contribution in [0.3, 0.4) is 0 Å². The molecular weight excluding hydrogens is 388 g/mol. The van der Waals surface area contributed by atoms with Gasteiger partial charge in [-0.3, -0.25) is 0 Å². The maximum Gasteiger partial charge on any atom is 0.191 e. The minimum absolute atomic E-state index is 0.502. The number of hydrogen-bond donors (Lipinski definition) is 2. The summed E-state index contributed by atoms with van der Waals surface area (Å²) >= 11 is 5.83. The van der Waals surface area contributed by atoms with Crippen molar-refractivity contribution < 1.29 is 9.47 Å². The lowest BCUT2D eigenvalue weighted by atomic mass is 10.1. The first kappa shape index (κ1) is 22.6. The second-order valence-corrected chi connectivity index (χ2v) is 6.73. The predicted octanol–water partition coefficient (Wildman–Crippen LogP) is 3.78. The van der Waals surface area contributed by atoms with Gasteiger partial charge in [-0.2, -0.15) is 0 Å². The second kappa shape index (κ2) is 12.0. The average Bonchev–Trinajstić information content (AvgIpc) is 2.73. The van der Waals surface area contributed by atoms with E-state index in [9.17, 15) is 0 Å². The smallest absolute Gasteiger partial charge is 0.191 e. The van der Waals surface area contributed by atoms with Gasteiger partial charge in [-0.05, 0) is 49.1 Å². The van der Waals surface area contributed by atoms with E-state index in [-0.39, 0.29) is 0 Å². The molecule has 29 heavy (non-hydrogen) atoms. The summed E-state index contributed by atoms with van der Waals surface area (Å²) < 4.78 is 11.0. The zero-order chi connectivity index (χ0) is 21.1. The summed E-state index contributed by atoms with van der Waals surface area (Å²) in [6.07, 6.45) is 5.17. The highest BCUT2D eigenvalue weighted by Gasteiger charge is 2.11. The highest BCUT2D eigenvalue weighted by Crippen LogP contribution is 2.33. The summed E-state index contributed by atoms with van der Waals surface area (Å²) in [5.41, 5.74) is 3.19. The Balaban J connectivity index is 2.07. The largest absolute Gasteiger partial charge is 0.493 e. The molecule has 0 aliphatic carbocycles. The monoisotopic (exact) mass is 416 g/mol. The van der Waals surface area contributed by atoms with Gasteiger partial charge in [-0.1, -0.05) is 23.7 Å². The number of hydrogen-bond acceptors (Lipinski definition) is 4. The van der Waals surface area contributed by atoms with E-state index >= 15 is 0 Å². The molecule has 0 radical (unpaired) electrons. The Morgan fingerprint density at radius 3 is 2.66 bits per heavy atom. The van der Waals surface area contributed by atoms with Crippen LogP contribution in [0.2, 0.25) is 5.15 Å². The summed E-state index contributed by atoms with van der Waals surface area (Å²) in [4.78, 5) is 8.80. The number of ether oxygens (including phenoxy) is 2. The van der Waals surface area contributed by atoms with Crippen molar-refractivity contribution in [2.75, 3.05) is 27.3 Å². The zero-order valence-electron chi connectivity index (χ0n) is 17.3. The third-order valence-corrected chi connectivity index (χ3v) is 4.46. The van der Waals surface area contributed by atoms with E-state index in [1.165, 1.54) is 0 Å². The molecule has 0 saturated carbocycles. The molecule has 0 amide bonds. The first-order valence-corrected chi connectivity index (χ1v) is 9.96. The lowest BCUT2D eigenvalue weighted by Crippen LogP contribution is -2.38. The minimum Gasteiger partial charge on any atom is -0.493 e. The fourth-order valence-corrected chi connectivity index (χ4v) is 3.01. The molecule has 0 saturated heterocycles. The third-order valence-electron chi connectivity index (χ3n) is 4.24. The van der Waals surface area contributed by atoms with Crippen LogP contribution in [0.5, 0.6) is 11.5 Å². The summed E-state index contributed by atoms with van der Waals surface area (Å²) in [6, 6.07) is 7.81. The Labute approximate surface area is 178 Å². The molecular formula is C22H29ClN4O2. The standard InChI is InChI=1S/C22H29ClN4O2/c1-5-7-18-12-17(13-19(28-3)21(18)29-4)15-27-22(24-6-2)25-11-10-16-8-9-20(23)26-14-16/h5,8-9,12-14H,1,6-7,10-11,15H2,2-4H3,(H2,24,25,27). The quantitative estimate of drug-likeness (QED) is 0.267. The van der Waals surface area contributed by atoms with Crippen LogP contribution in [0.1, 0.15) is 23.6 Å². The van der Waals surface area contributed by atoms with E-state index < -0.39 is 0 Å². The number of allylic oxidation sites excluding steroid dienone is 1. The highest BCUT2D eigenvalue weighted by molar-refractivity contribution is 6.29. The van der Waals surface area contributed by atoms with Crippen molar-refractivity contribution in [3.63, 3.8) is 0 Å². The molecule has 0 bridgehead atoms. The number of methoxy groups -OCH3 is 2. The molecule has 6 nitrogen and oxygen atoms in total. The van der Waals surface area contributed by atoms with Crippen molar-refractivity contribution in [2.45, 2.75) is 26.3 Å². The van der Waals surface area contributed by atoms with E-state index in [0.29, 0.717) is 23.9 Å². The number of aromatic nitrogens is 1. The van der Waals surface area contributed by atoms with Gasteiger partial charge >= 0.3 is 0 Å². The molecule has 2 rings (SSSR count). The fourth-order valence-electron chi connectivity index (χ4n) is 2.90. The molecule has 0 spiro atoms. The van der Waals surface area contributed by atoms with E-state index in [1.54, 1.807) is 26.5 Å². The fraction of sp³-hybridized carbons (Fsp3) is 0.364. The average molecular weight is 417 g/mol. The van der Waals surface area contributed by atoms with Crippen LogP contribution in [-0.2, 0) is 19.4 Å². The predicted molar refractivity (Wildman–Crippen MR) is 119 cm³/mol. The Morgan fingerprint density at radius 2 is 2.03 bits per heavy atom. The number of benzene rings is 1. The molecule has 0 aliphatic rings. The van der Waals surface area contributed by atoms with Crippen LogP contribution in [0.15, 0.2) is 48.1 Å². The SMILES string of the molecule is C=CCc1cc(CN=C(NCC)NCCc2ccc(Cl)nc2)cc(OC)c1OC. The lowest BCUT2D eigenvalue weighted by molar-refractivity contribution is 0.352. The molecule has 2 aromatic rings. The summed E-state index contributed by atoms with van der Waals surface area (Å²) in [7, 11) is 3.28. The highest BCUT2D eigenvalue weighted by atomic mass is 35.5. The molecule has 2 N–H and O–H groups in total. The maximum absolute atomic E-state index is 5.83. The Morgan fingerprint density at radius 1 is 1.21 bits per heavy atom. The molecule has 1 heterocycles. The second-order valence-electron chi connectivity index (χ2n) is 6.34. The molecule has 0 fully saturated rings. The van der Waals surface area contributed by atoms with E-state index in [0.717, 1.165) is 47.9 Å². The van der Waals surface area contributed by atoms with Gasteiger partial charge in [0.25, 0.3) is 0 Å². The van der Waals surface area contributed by atoms with Crippen LogP contribution in [0.25, 0.3) is 0 Å². The topological polar surface area (TPSA) is 67.8 Å². The van der Waals surface area contributed by atoms with Crippen LogP contribution in [0, 0.1) is 0 Å². The number of nitrogens with one attached hydrogen (secondary N) is 2. The molecule has 0 atom stereocenters. The molecule has 156 valence electrons. The molecule has 1 aromatic heterocycles. The van der Waals surface area contributed by atoms with Crippen LogP contribution >= 0.6 is 11.6 Å². The Bertz CT molecular complexity index is 822.